The van der Waals surface area contributed by atoms with Crippen LogP contribution in [0.15, 0.2) is 48.6 Å². The lowest BCUT2D eigenvalue weighted by molar-refractivity contribution is -0.147. The van der Waals surface area contributed by atoms with E-state index in [1.165, 1.54) is 19.3 Å². The highest BCUT2D eigenvalue weighted by molar-refractivity contribution is 8.00. The molecule has 0 aromatic carbocycles. The standard InChI is InChI=1S/C23H34O6S/c1-2-3-4-5-6-7-8-9-10-11-12-13-16-21(30-18-20(25)23(28)29)19(24)15-14-17-22(26)27/h6-7,9-13,16,19,21,24H,2-5,8,14-15,17-18H2,1H3,(H,26,27)(H,28,29)/b7-6+,10-9+,12-11+,16-13+/t19-,21+/m0/s1. The van der Waals surface area contributed by atoms with E-state index in [0.717, 1.165) is 24.6 Å². The largest absolute Gasteiger partial charge is 0.481 e. The number of carbonyl (C=O) groups is 3. The first-order valence-electron chi connectivity index (χ1n) is 10.3. The molecule has 0 fully saturated rings. The predicted molar refractivity (Wildman–Crippen MR) is 122 cm³/mol. The Balaban J connectivity index is 4.53. The highest BCUT2D eigenvalue weighted by Gasteiger charge is 2.20. The second-order valence-corrected chi connectivity index (χ2v) is 7.92. The molecule has 30 heavy (non-hydrogen) atoms. The normalized spacial score (nSPS) is 14.2. The van der Waals surface area contributed by atoms with E-state index < -0.39 is 29.1 Å². The molecule has 0 heterocycles. The number of carbonyl (C=O) groups excluding carboxylic acids is 1. The van der Waals surface area contributed by atoms with Crippen LogP contribution in [0.25, 0.3) is 0 Å². The van der Waals surface area contributed by atoms with Gasteiger partial charge in [0, 0.05) is 11.7 Å². The third-order valence-electron chi connectivity index (χ3n) is 4.10. The first kappa shape index (κ1) is 27.9. The molecule has 2 atom stereocenters. The van der Waals surface area contributed by atoms with Crippen LogP contribution in [0.3, 0.4) is 0 Å². The zero-order valence-electron chi connectivity index (χ0n) is 17.6. The number of carboxylic acid groups (broad SMARTS) is 2. The Morgan fingerprint density at radius 1 is 0.933 bits per heavy atom. The molecule has 0 unspecified atom stereocenters. The lowest BCUT2D eigenvalue weighted by Crippen LogP contribution is -2.24. The van der Waals surface area contributed by atoms with Crippen LogP contribution in [0.1, 0.15) is 58.3 Å². The molecule has 0 aliphatic carbocycles. The molecule has 6 nitrogen and oxygen atoms in total. The van der Waals surface area contributed by atoms with Gasteiger partial charge in [0.15, 0.2) is 0 Å². The van der Waals surface area contributed by atoms with Gasteiger partial charge in [-0.2, -0.15) is 0 Å². The molecule has 0 aliphatic rings. The van der Waals surface area contributed by atoms with Gasteiger partial charge in [0.1, 0.15) is 0 Å². The molecular formula is C23H34O6S. The van der Waals surface area contributed by atoms with Crippen LogP contribution in [0, 0.1) is 0 Å². The molecule has 0 saturated heterocycles. The number of unbranched alkanes of at least 4 members (excludes halogenated alkanes) is 3. The van der Waals surface area contributed by atoms with Gasteiger partial charge in [0.25, 0.3) is 0 Å². The molecule has 168 valence electrons. The van der Waals surface area contributed by atoms with Gasteiger partial charge in [-0.25, -0.2) is 4.79 Å². The third kappa shape index (κ3) is 16.8. The van der Waals surface area contributed by atoms with Gasteiger partial charge in [-0.3, -0.25) is 9.59 Å². The Morgan fingerprint density at radius 2 is 1.67 bits per heavy atom. The number of allylic oxidation sites excluding steroid dienone is 7. The van der Waals surface area contributed by atoms with E-state index in [1.54, 1.807) is 18.2 Å². The van der Waals surface area contributed by atoms with Crippen molar-refractivity contribution in [3.63, 3.8) is 0 Å². The molecule has 0 amide bonds. The molecular weight excluding hydrogens is 404 g/mol. The Kier molecular flexibility index (Phi) is 17.5. The van der Waals surface area contributed by atoms with Crippen molar-refractivity contribution in [1.82, 2.24) is 0 Å². The summed E-state index contributed by atoms with van der Waals surface area (Å²) in [6.45, 7) is 2.18. The maximum atomic E-state index is 11.3. The van der Waals surface area contributed by atoms with Gasteiger partial charge < -0.3 is 15.3 Å². The minimum Gasteiger partial charge on any atom is -0.481 e. The summed E-state index contributed by atoms with van der Waals surface area (Å²) in [6.07, 6.45) is 20.6. The number of carboxylic acids is 2. The molecule has 0 bridgehead atoms. The average Bonchev–Trinajstić information content (AvgIpc) is 2.70. The van der Waals surface area contributed by atoms with Gasteiger partial charge in [0.05, 0.1) is 11.9 Å². The number of hydrogen-bond donors (Lipinski definition) is 3. The van der Waals surface area contributed by atoms with E-state index in [0.29, 0.717) is 6.42 Å². The van der Waals surface area contributed by atoms with E-state index in [2.05, 4.69) is 19.1 Å². The molecule has 0 rings (SSSR count). The van der Waals surface area contributed by atoms with Crippen LogP contribution in [0.2, 0.25) is 0 Å². The zero-order valence-corrected chi connectivity index (χ0v) is 18.4. The lowest BCUT2D eigenvalue weighted by Gasteiger charge is -2.18. The van der Waals surface area contributed by atoms with Crippen molar-refractivity contribution in [1.29, 1.82) is 0 Å². The van der Waals surface area contributed by atoms with Crippen LogP contribution in [-0.2, 0) is 14.4 Å². The van der Waals surface area contributed by atoms with Crippen LogP contribution in [-0.4, -0.2) is 50.1 Å². The number of aliphatic carboxylic acids is 2. The zero-order chi connectivity index (χ0) is 22.6. The van der Waals surface area contributed by atoms with Gasteiger partial charge in [-0.05, 0) is 32.1 Å². The van der Waals surface area contributed by atoms with Gasteiger partial charge >= 0.3 is 11.9 Å². The number of thioether (sulfide) groups is 1. The Labute approximate surface area is 183 Å². The minimum atomic E-state index is -1.50. The predicted octanol–water partition coefficient (Wildman–Crippen LogP) is 4.55. The van der Waals surface area contributed by atoms with Crippen molar-refractivity contribution in [3.8, 4) is 0 Å². The summed E-state index contributed by atoms with van der Waals surface area (Å²) in [5.41, 5.74) is 0. The number of aliphatic hydroxyl groups excluding tert-OH is 1. The number of Topliss-reactive ketones (excluding diaryl/α,β-unsaturated/α-hetero) is 1. The SMILES string of the molecule is CCCCC/C=C/C/C=C/C=C/C=C/[C@@H](SCC(=O)C(=O)O)[C@@H](O)CCCC(=O)O. The quantitative estimate of drug-likeness (QED) is 0.124. The monoisotopic (exact) mass is 438 g/mol. The van der Waals surface area contributed by atoms with E-state index in [1.807, 2.05) is 18.2 Å². The fraction of sp³-hybridized carbons (Fsp3) is 0.522. The first-order chi connectivity index (χ1) is 14.4. The second kappa shape index (κ2) is 18.9. The van der Waals surface area contributed by atoms with E-state index in [9.17, 15) is 19.5 Å². The van der Waals surface area contributed by atoms with Crippen molar-refractivity contribution in [2.45, 2.75) is 69.6 Å². The van der Waals surface area contributed by atoms with Crippen molar-refractivity contribution in [3.05, 3.63) is 48.6 Å². The summed E-state index contributed by atoms with van der Waals surface area (Å²) in [5, 5.41) is 27.2. The Hall–Kier alpha value is -2.12. The fourth-order valence-electron chi connectivity index (χ4n) is 2.42. The smallest absolute Gasteiger partial charge is 0.373 e. The van der Waals surface area contributed by atoms with Crippen molar-refractivity contribution >= 4 is 29.5 Å². The highest BCUT2D eigenvalue weighted by Crippen LogP contribution is 2.20. The average molecular weight is 439 g/mol. The number of rotatable bonds is 18. The van der Waals surface area contributed by atoms with Crippen LogP contribution in [0.4, 0.5) is 0 Å². The molecule has 0 spiro atoms. The molecule has 0 radical (unpaired) electrons. The van der Waals surface area contributed by atoms with Crippen molar-refractivity contribution in [2.75, 3.05) is 5.75 Å². The molecule has 0 aromatic rings. The van der Waals surface area contributed by atoms with Crippen LogP contribution in [0.5, 0.6) is 0 Å². The second-order valence-electron chi connectivity index (χ2n) is 6.76. The molecule has 0 aromatic heterocycles. The lowest BCUT2D eigenvalue weighted by atomic mass is 10.1. The highest BCUT2D eigenvalue weighted by atomic mass is 32.2. The summed E-state index contributed by atoms with van der Waals surface area (Å²) in [5.74, 6) is -3.63. The van der Waals surface area contributed by atoms with Gasteiger partial charge in [-0.15, -0.1) is 11.8 Å². The van der Waals surface area contributed by atoms with Gasteiger partial charge in [-0.1, -0.05) is 68.4 Å². The fourth-order valence-corrected chi connectivity index (χ4v) is 3.45. The number of hydrogen-bond acceptors (Lipinski definition) is 5. The maximum Gasteiger partial charge on any atom is 0.373 e. The van der Waals surface area contributed by atoms with Crippen molar-refractivity contribution in [2.24, 2.45) is 0 Å². The molecule has 3 N–H and O–H groups in total. The van der Waals surface area contributed by atoms with Crippen molar-refractivity contribution < 1.29 is 29.7 Å². The van der Waals surface area contributed by atoms with E-state index >= 15 is 0 Å². The summed E-state index contributed by atoms with van der Waals surface area (Å²) in [7, 11) is 0. The topological polar surface area (TPSA) is 112 Å². The third-order valence-corrected chi connectivity index (χ3v) is 5.38. The van der Waals surface area contributed by atoms with Gasteiger partial charge in [0.2, 0.25) is 5.78 Å². The summed E-state index contributed by atoms with van der Waals surface area (Å²) < 4.78 is 0. The summed E-state index contributed by atoms with van der Waals surface area (Å²) in [4.78, 5) is 32.6. The summed E-state index contributed by atoms with van der Waals surface area (Å²) >= 11 is 1.03. The minimum absolute atomic E-state index is 0.0516. The Morgan fingerprint density at radius 3 is 2.33 bits per heavy atom. The maximum absolute atomic E-state index is 11.3. The number of aliphatic hydroxyl groups is 1. The molecule has 0 saturated carbocycles. The van der Waals surface area contributed by atoms with Crippen LogP contribution >= 0.6 is 11.8 Å². The molecule has 0 aliphatic heterocycles. The molecule has 7 heteroatoms. The Bertz CT molecular complexity index is 621. The summed E-state index contributed by atoms with van der Waals surface area (Å²) in [6, 6.07) is 0. The number of ketones is 1. The first-order valence-corrected chi connectivity index (χ1v) is 11.4. The van der Waals surface area contributed by atoms with E-state index in [4.69, 9.17) is 10.2 Å². The van der Waals surface area contributed by atoms with E-state index in [-0.39, 0.29) is 18.6 Å². The van der Waals surface area contributed by atoms with Crippen LogP contribution < -0.4 is 0 Å².